The van der Waals surface area contributed by atoms with Crippen molar-refractivity contribution in [1.82, 2.24) is 9.55 Å². The van der Waals surface area contributed by atoms with Crippen molar-refractivity contribution >= 4 is 23.2 Å². The Morgan fingerprint density at radius 3 is 2.79 bits per heavy atom. The van der Waals surface area contributed by atoms with E-state index in [0.29, 0.717) is 28.3 Å². The molecule has 5 nitrogen and oxygen atoms in total. The topological polar surface area (TPSA) is 61.2 Å². The standard InChI is InChI=1S/C23H21ClN2O3/c1-13-10-18(27)23-20(8-7-17(24)22(13)23)29-12-19(28)16-11-14(2)26(15(16)3)21-6-4-5-9-25-21/h4-9,11,13H,10,12H2,1-3H3. The molecule has 1 aromatic carbocycles. The van der Waals surface area contributed by atoms with Crippen LogP contribution in [0.4, 0.5) is 0 Å². The number of aryl methyl sites for hydroxylation is 1. The van der Waals surface area contributed by atoms with Crippen molar-refractivity contribution in [1.29, 1.82) is 0 Å². The normalized spacial score (nSPS) is 15.4. The Balaban J connectivity index is 1.59. The van der Waals surface area contributed by atoms with Gasteiger partial charge in [-0.2, -0.15) is 0 Å². The number of hydrogen-bond donors (Lipinski definition) is 0. The van der Waals surface area contributed by atoms with Crippen molar-refractivity contribution in [2.24, 2.45) is 0 Å². The van der Waals surface area contributed by atoms with Crippen molar-refractivity contribution < 1.29 is 14.3 Å². The van der Waals surface area contributed by atoms with Gasteiger partial charge in [-0.1, -0.05) is 24.6 Å². The number of halogens is 1. The molecule has 4 rings (SSSR count). The third-order valence-electron chi connectivity index (χ3n) is 5.39. The summed E-state index contributed by atoms with van der Waals surface area (Å²) in [5, 5.41) is 0.566. The van der Waals surface area contributed by atoms with Gasteiger partial charge >= 0.3 is 0 Å². The van der Waals surface area contributed by atoms with Gasteiger partial charge in [0.25, 0.3) is 0 Å². The molecule has 0 amide bonds. The number of benzene rings is 1. The van der Waals surface area contributed by atoms with Gasteiger partial charge in [0.2, 0.25) is 5.78 Å². The molecule has 0 radical (unpaired) electrons. The minimum atomic E-state index is -0.151. The molecule has 0 saturated heterocycles. The molecule has 3 aromatic rings. The first kappa shape index (κ1) is 19.4. The van der Waals surface area contributed by atoms with Crippen LogP contribution in [0.3, 0.4) is 0 Å². The summed E-state index contributed by atoms with van der Waals surface area (Å²) in [6.07, 6.45) is 2.13. The van der Waals surface area contributed by atoms with E-state index < -0.39 is 0 Å². The smallest absolute Gasteiger partial charge is 0.202 e. The molecule has 0 aliphatic heterocycles. The van der Waals surface area contributed by atoms with Crippen LogP contribution in [-0.4, -0.2) is 27.7 Å². The maximum atomic E-state index is 12.9. The second-order valence-electron chi connectivity index (χ2n) is 7.38. The summed E-state index contributed by atoms with van der Waals surface area (Å²) in [6, 6.07) is 10.9. The molecule has 148 valence electrons. The van der Waals surface area contributed by atoms with Crippen LogP contribution in [-0.2, 0) is 0 Å². The number of carbonyl (C=O) groups is 2. The van der Waals surface area contributed by atoms with E-state index in [1.54, 1.807) is 18.3 Å². The molecule has 1 aliphatic carbocycles. The van der Waals surface area contributed by atoms with Crippen LogP contribution in [0, 0.1) is 13.8 Å². The van der Waals surface area contributed by atoms with E-state index in [-0.39, 0.29) is 24.1 Å². The lowest BCUT2D eigenvalue weighted by atomic mass is 10.0. The molecule has 0 bridgehead atoms. The van der Waals surface area contributed by atoms with Crippen LogP contribution < -0.4 is 4.74 Å². The van der Waals surface area contributed by atoms with E-state index in [1.807, 2.05) is 49.6 Å². The predicted molar refractivity (Wildman–Crippen MR) is 112 cm³/mol. The molecule has 0 spiro atoms. The van der Waals surface area contributed by atoms with Crippen LogP contribution in [0.1, 0.15) is 56.9 Å². The van der Waals surface area contributed by atoms with E-state index in [0.717, 1.165) is 22.8 Å². The molecule has 29 heavy (non-hydrogen) atoms. The van der Waals surface area contributed by atoms with Crippen molar-refractivity contribution in [3.8, 4) is 11.6 Å². The summed E-state index contributed by atoms with van der Waals surface area (Å²) < 4.78 is 7.74. The van der Waals surface area contributed by atoms with Gasteiger partial charge in [0.05, 0.1) is 5.56 Å². The summed E-state index contributed by atoms with van der Waals surface area (Å²) in [7, 11) is 0. The average Bonchev–Trinajstić information content (AvgIpc) is 3.17. The average molecular weight is 409 g/mol. The van der Waals surface area contributed by atoms with Crippen LogP contribution in [0.2, 0.25) is 5.02 Å². The second-order valence-corrected chi connectivity index (χ2v) is 7.79. The van der Waals surface area contributed by atoms with Crippen molar-refractivity contribution in [2.45, 2.75) is 33.1 Å². The van der Waals surface area contributed by atoms with Gasteiger partial charge in [-0.05, 0) is 55.7 Å². The summed E-state index contributed by atoms with van der Waals surface area (Å²) >= 11 is 6.28. The Morgan fingerprint density at radius 1 is 1.28 bits per heavy atom. The molecular weight excluding hydrogens is 388 g/mol. The fourth-order valence-corrected chi connectivity index (χ4v) is 4.39. The summed E-state index contributed by atoms with van der Waals surface area (Å²) in [4.78, 5) is 29.6. The molecule has 0 saturated carbocycles. The zero-order chi connectivity index (χ0) is 20.7. The minimum Gasteiger partial charge on any atom is -0.485 e. The number of ketones is 2. The first-order valence-electron chi connectivity index (χ1n) is 9.50. The fraction of sp³-hybridized carbons (Fsp3) is 0.261. The molecule has 2 aromatic heterocycles. The van der Waals surface area contributed by atoms with Gasteiger partial charge in [0.15, 0.2) is 12.4 Å². The van der Waals surface area contributed by atoms with Crippen molar-refractivity contribution in [2.75, 3.05) is 6.61 Å². The molecule has 1 atom stereocenters. The van der Waals surface area contributed by atoms with E-state index in [1.165, 1.54) is 0 Å². The van der Waals surface area contributed by atoms with Gasteiger partial charge < -0.3 is 9.30 Å². The molecule has 1 unspecified atom stereocenters. The van der Waals surface area contributed by atoms with Gasteiger partial charge in [0, 0.05) is 34.6 Å². The summed E-state index contributed by atoms with van der Waals surface area (Å²) in [6.45, 7) is 5.64. The predicted octanol–water partition coefficient (Wildman–Crippen LogP) is 5.09. The number of Topliss-reactive ketones (excluding diaryl/α,β-unsaturated/α-hetero) is 2. The summed E-state index contributed by atoms with van der Waals surface area (Å²) in [5.41, 5.74) is 3.63. The molecule has 6 heteroatoms. The fourth-order valence-electron chi connectivity index (χ4n) is 4.05. The van der Waals surface area contributed by atoms with Gasteiger partial charge in [-0.25, -0.2) is 4.98 Å². The SMILES string of the molecule is Cc1cc(C(=O)COc2ccc(Cl)c3c2C(=O)CC3C)c(C)n1-c1ccccn1. The van der Waals surface area contributed by atoms with Gasteiger partial charge in [-0.15, -0.1) is 0 Å². The Kier molecular flexibility index (Phi) is 5.01. The number of aromatic nitrogens is 2. The van der Waals surface area contributed by atoms with Crippen molar-refractivity contribution in [3.63, 3.8) is 0 Å². The minimum absolute atomic E-state index is 0.00535. The first-order valence-corrected chi connectivity index (χ1v) is 9.88. The van der Waals surface area contributed by atoms with Crippen LogP contribution in [0.15, 0.2) is 42.6 Å². The highest BCUT2D eigenvalue weighted by Gasteiger charge is 2.32. The maximum absolute atomic E-state index is 12.9. The van der Waals surface area contributed by atoms with E-state index in [9.17, 15) is 9.59 Å². The third kappa shape index (κ3) is 3.36. The maximum Gasteiger partial charge on any atom is 0.202 e. The number of fused-ring (bicyclic) bond motifs is 1. The Labute approximate surface area is 174 Å². The van der Waals surface area contributed by atoms with E-state index in [2.05, 4.69) is 4.98 Å². The highest BCUT2D eigenvalue weighted by atomic mass is 35.5. The number of pyridine rings is 1. The Morgan fingerprint density at radius 2 is 2.07 bits per heavy atom. The lowest BCUT2D eigenvalue weighted by molar-refractivity contribution is 0.0911. The number of hydrogen-bond acceptors (Lipinski definition) is 4. The number of ether oxygens (including phenoxy) is 1. The highest BCUT2D eigenvalue weighted by molar-refractivity contribution is 6.32. The molecule has 2 heterocycles. The van der Waals surface area contributed by atoms with Gasteiger partial charge in [0.1, 0.15) is 11.6 Å². The monoisotopic (exact) mass is 408 g/mol. The van der Waals surface area contributed by atoms with E-state index >= 15 is 0 Å². The molecular formula is C23H21ClN2O3. The number of nitrogens with zero attached hydrogens (tertiary/aromatic N) is 2. The first-order chi connectivity index (χ1) is 13.9. The zero-order valence-electron chi connectivity index (χ0n) is 16.5. The largest absolute Gasteiger partial charge is 0.485 e. The highest BCUT2D eigenvalue weighted by Crippen LogP contribution is 2.42. The number of carbonyl (C=O) groups excluding carboxylic acids is 2. The van der Waals surface area contributed by atoms with E-state index in [4.69, 9.17) is 16.3 Å². The van der Waals surface area contributed by atoms with Crippen LogP contribution >= 0.6 is 11.6 Å². The number of rotatable bonds is 5. The zero-order valence-corrected chi connectivity index (χ0v) is 17.3. The Bertz CT molecular complexity index is 1120. The van der Waals surface area contributed by atoms with Crippen LogP contribution in [0.25, 0.3) is 5.82 Å². The van der Waals surface area contributed by atoms with Crippen molar-refractivity contribution in [3.05, 3.63) is 75.7 Å². The van der Waals surface area contributed by atoms with Gasteiger partial charge in [-0.3, -0.25) is 9.59 Å². The van der Waals surface area contributed by atoms with Crippen LogP contribution in [0.5, 0.6) is 5.75 Å². The molecule has 1 aliphatic rings. The quantitative estimate of drug-likeness (QED) is 0.551. The lowest BCUT2D eigenvalue weighted by Gasteiger charge is -2.12. The summed E-state index contributed by atoms with van der Waals surface area (Å²) in [5.74, 6) is 1.10. The molecule has 0 N–H and O–H groups in total. The Hall–Kier alpha value is -2.92. The third-order valence-corrected chi connectivity index (χ3v) is 5.72. The lowest BCUT2D eigenvalue weighted by Crippen LogP contribution is -2.14. The second kappa shape index (κ2) is 7.48. The molecule has 0 fully saturated rings.